The Labute approximate surface area is 146 Å². The molecule has 130 valence electrons. The largest absolute Gasteiger partial charge is 0.373 e. The third-order valence-corrected chi connectivity index (χ3v) is 6.23. The Morgan fingerprint density at radius 3 is 2.79 bits per heavy atom. The normalized spacial score (nSPS) is 28.2. The molecular formula is C18H25N3O2S. The second kappa shape index (κ2) is 6.24. The quantitative estimate of drug-likeness (QED) is 0.907. The molecule has 1 aliphatic carbocycles. The summed E-state index contributed by atoms with van der Waals surface area (Å²) < 4.78 is 5.78. The summed E-state index contributed by atoms with van der Waals surface area (Å²) in [7, 11) is 0. The van der Waals surface area contributed by atoms with Crippen LogP contribution in [0.15, 0.2) is 4.79 Å². The first kappa shape index (κ1) is 16.2. The highest BCUT2D eigenvalue weighted by atomic mass is 32.1. The number of hydrogen-bond acceptors (Lipinski definition) is 5. The number of morpholine rings is 1. The van der Waals surface area contributed by atoms with Gasteiger partial charge in [-0.05, 0) is 44.6 Å². The molecule has 3 heterocycles. The summed E-state index contributed by atoms with van der Waals surface area (Å²) in [5, 5.41) is 0.842. The molecule has 4 rings (SSSR count). The molecule has 1 aliphatic heterocycles. The standard InChI is InChI=1S/C18H25N3O2S/c1-10-4-5-13-14(6-10)24-18-16(13)17(22)19-15(20-18)9-21-7-11(2)23-12(3)8-21/h10-12H,4-9H2,1-3H3,(H,19,20,22). The number of nitrogens with one attached hydrogen (secondary N) is 1. The lowest BCUT2D eigenvalue weighted by Gasteiger charge is -2.34. The molecule has 24 heavy (non-hydrogen) atoms. The Kier molecular flexibility index (Phi) is 4.22. The maximum atomic E-state index is 12.7. The number of H-pyrrole nitrogens is 1. The topological polar surface area (TPSA) is 58.2 Å². The highest BCUT2D eigenvalue weighted by molar-refractivity contribution is 7.18. The zero-order valence-electron chi connectivity index (χ0n) is 14.6. The molecule has 6 heteroatoms. The van der Waals surface area contributed by atoms with E-state index < -0.39 is 0 Å². The van der Waals surface area contributed by atoms with Crippen molar-refractivity contribution in [2.75, 3.05) is 13.1 Å². The second-order valence-corrected chi connectivity index (χ2v) is 8.58. The minimum Gasteiger partial charge on any atom is -0.373 e. The van der Waals surface area contributed by atoms with E-state index in [4.69, 9.17) is 9.72 Å². The van der Waals surface area contributed by atoms with Crippen LogP contribution in [0.5, 0.6) is 0 Å². The van der Waals surface area contributed by atoms with Gasteiger partial charge in [-0.1, -0.05) is 6.92 Å². The van der Waals surface area contributed by atoms with Gasteiger partial charge < -0.3 is 9.72 Å². The number of fused-ring (bicyclic) bond motifs is 3. The molecule has 0 radical (unpaired) electrons. The third-order valence-electron chi connectivity index (χ3n) is 5.08. The van der Waals surface area contributed by atoms with Crippen LogP contribution in [0.1, 0.15) is 43.5 Å². The predicted octanol–water partition coefficient (Wildman–Crippen LogP) is 2.72. The Morgan fingerprint density at radius 2 is 2.04 bits per heavy atom. The monoisotopic (exact) mass is 347 g/mol. The van der Waals surface area contributed by atoms with Gasteiger partial charge in [-0.25, -0.2) is 4.98 Å². The summed E-state index contributed by atoms with van der Waals surface area (Å²) >= 11 is 1.72. The Hall–Kier alpha value is -1.24. The van der Waals surface area contributed by atoms with Crippen LogP contribution in [0.2, 0.25) is 0 Å². The van der Waals surface area contributed by atoms with E-state index in [1.807, 2.05) is 0 Å². The van der Waals surface area contributed by atoms with E-state index in [0.29, 0.717) is 12.5 Å². The van der Waals surface area contributed by atoms with Crippen LogP contribution >= 0.6 is 11.3 Å². The van der Waals surface area contributed by atoms with Gasteiger partial charge >= 0.3 is 0 Å². The van der Waals surface area contributed by atoms with Gasteiger partial charge in [0.25, 0.3) is 5.56 Å². The molecule has 3 unspecified atom stereocenters. The summed E-state index contributed by atoms with van der Waals surface area (Å²) in [6, 6.07) is 0. The zero-order chi connectivity index (χ0) is 16.8. The highest BCUT2D eigenvalue weighted by Gasteiger charge is 2.25. The van der Waals surface area contributed by atoms with Gasteiger partial charge in [0.15, 0.2) is 0 Å². The van der Waals surface area contributed by atoms with Crippen molar-refractivity contribution in [1.82, 2.24) is 14.9 Å². The van der Waals surface area contributed by atoms with Gasteiger partial charge in [0.05, 0.1) is 24.1 Å². The molecule has 0 spiro atoms. The number of thiophene rings is 1. The Bertz CT molecular complexity index is 802. The summed E-state index contributed by atoms with van der Waals surface area (Å²) in [5.74, 6) is 1.49. The summed E-state index contributed by atoms with van der Waals surface area (Å²) in [6.07, 6.45) is 3.71. The maximum absolute atomic E-state index is 12.7. The average Bonchev–Trinajstić information content (AvgIpc) is 2.83. The van der Waals surface area contributed by atoms with E-state index in [0.717, 1.165) is 42.0 Å². The van der Waals surface area contributed by atoms with Gasteiger partial charge in [-0.15, -0.1) is 11.3 Å². The van der Waals surface area contributed by atoms with Crippen molar-refractivity contribution in [3.8, 4) is 0 Å². The fraction of sp³-hybridized carbons (Fsp3) is 0.667. The van der Waals surface area contributed by atoms with Crippen molar-refractivity contribution < 1.29 is 4.74 Å². The first-order chi connectivity index (χ1) is 11.5. The van der Waals surface area contributed by atoms with Crippen LogP contribution in [0.25, 0.3) is 10.2 Å². The number of ether oxygens (including phenoxy) is 1. The molecule has 0 bridgehead atoms. The highest BCUT2D eigenvalue weighted by Crippen LogP contribution is 2.35. The van der Waals surface area contributed by atoms with E-state index in [1.165, 1.54) is 16.9 Å². The van der Waals surface area contributed by atoms with Crippen molar-refractivity contribution in [3.63, 3.8) is 0 Å². The molecule has 2 aliphatic rings. The molecule has 1 fully saturated rings. The molecule has 2 aromatic rings. The van der Waals surface area contributed by atoms with Gasteiger partial charge in [-0.3, -0.25) is 9.69 Å². The predicted molar refractivity (Wildman–Crippen MR) is 96.7 cm³/mol. The molecule has 0 amide bonds. The second-order valence-electron chi connectivity index (χ2n) is 7.50. The minimum absolute atomic E-state index is 0.0383. The van der Waals surface area contributed by atoms with Crippen molar-refractivity contribution in [1.29, 1.82) is 0 Å². The van der Waals surface area contributed by atoms with E-state index in [2.05, 4.69) is 30.7 Å². The first-order valence-electron chi connectivity index (χ1n) is 8.91. The van der Waals surface area contributed by atoms with Gasteiger partial charge in [0.1, 0.15) is 10.7 Å². The lowest BCUT2D eigenvalue weighted by molar-refractivity contribution is -0.0710. The van der Waals surface area contributed by atoms with Crippen LogP contribution in [-0.4, -0.2) is 40.2 Å². The average molecular weight is 347 g/mol. The van der Waals surface area contributed by atoms with Crippen LogP contribution in [0.3, 0.4) is 0 Å². The summed E-state index contributed by atoms with van der Waals surface area (Å²) in [5.41, 5.74) is 1.29. The van der Waals surface area contributed by atoms with Crippen LogP contribution < -0.4 is 5.56 Å². The minimum atomic E-state index is 0.0383. The molecule has 5 nitrogen and oxygen atoms in total. The maximum Gasteiger partial charge on any atom is 0.259 e. The van der Waals surface area contributed by atoms with Crippen molar-refractivity contribution in [2.24, 2.45) is 5.92 Å². The van der Waals surface area contributed by atoms with E-state index in [9.17, 15) is 4.79 Å². The number of aryl methyl sites for hydroxylation is 1. The molecule has 1 saturated heterocycles. The van der Waals surface area contributed by atoms with E-state index >= 15 is 0 Å². The van der Waals surface area contributed by atoms with Crippen LogP contribution in [0.4, 0.5) is 0 Å². The molecule has 1 N–H and O–H groups in total. The number of hydrogen-bond donors (Lipinski definition) is 1. The van der Waals surface area contributed by atoms with E-state index in [-0.39, 0.29) is 17.8 Å². The van der Waals surface area contributed by atoms with Gasteiger partial charge in [-0.2, -0.15) is 0 Å². The van der Waals surface area contributed by atoms with Crippen molar-refractivity contribution >= 4 is 21.6 Å². The van der Waals surface area contributed by atoms with Crippen LogP contribution in [-0.2, 0) is 24.1 Å². The molecular weight excluding hydrogens is 322 g/mol. The fourth-order valence-electron chi connectivity index (χ4n) is 4.09. The molecule has 0 saturated carbocycles. The molecule has 0 aromatic carbocycles. The van der Waals surface area contributed by atoms with Crippen molar-refractivity contribution in [3.05, 3.63) is 26.6 Å². The van der Waals surface area contributed by atoms with Crippen molar-refractivity contribution in [2.45, 2.75) is 58.8 Å². The van der Waals surface area contributed by atoms with E-state index in [1.54, 1.807) is 11.3 Å². The Balaban J connectivity index is 1.65. The molecule has 3 atom stereocenters. The lowest BCUT2D eigenvalue weighted by Crippen LogP contribution is -2.45. The fourth-order valence-corrected chi connectivity index (χ4v) is 5.50. The first-order valence-corrected chi connectivity index (χ1v) is 9.72. The van der Waals surface area contributed by atoms with Crippen LogP contribution in [0, 0.1) is 5.92 Å². The summed E-state index contributed by atoms with van der Waals surface area (Å²) in [6.45, 7) is 8.92. The smallest absolute Gasteiger partial charge is 0.259 e. The van der Waals surface area contributed by atoms with Gasteiger partial charge in [0.2, 0.25) is 0 Å². The molecule has 2 aromatic heterocycles. The number of aromatic amines is 1. The Morgan fingerprint density at radius 1 is 1.29 bits per heavy atom. The number of rotatable bonds is 2. The summed E-state index contributed by atoms with van der Waals surface area (Å²) in [4.78, 5) is 25.1. The SMILES string of the molecule is CC1CCc2c(sc3nc(CN4CC(C)OC(C)C4)[nH]c(=O)c23)C1. The number of aromatic nitrogens is 2. The van der Waals surface area contributed by atoms with Gasteiger partial charge in [0, 0.05) is 18.0 Å². The lowest BCUT2D eigenvalue weighted by atomic mass is 9.89. The zero-order valence-corrected chi connectivity index (χ0v) is 15.4. The number of nitrogens with zero attached hydrogens (tertiary/aromatic N) is 2. The third kappa shape index (κ3) is 3.03.